The molecule has 2 rings (SSSR count). The molecule has 4 unspecified atom stereocenters. The maximum atomic E-state index is 6.21. The van der Waals surface area contributed by atoms with Gasteiger partial charge in [0.1, 0.15) is 0 Å². The highest BCUT2D eigenvalue weighted by Crippen LogP contribution is 2.37. The largest absolute Gasteiger partial charge is 0.372 e. The standard InChI is InChI=1S/C17H33NO/c1-5-10-18-16-7-6-13(2)11-14(16)12-15-8-9-17(3,4)19-15/h13-16,18H,5-12H2,1-4H3. The van der Waals surface area contributed by atoms with Crippen molar-refractivity contribution < 1.29 is 4.74 Å². The molecule has 0 aromatic heterocycles. The normalized spacial score (nSPS) is 38.5. The van der Waals surface area contributed by atoms with Crippen LogP contribution < -0.4 is 5.32 Å². The van der Waals surface area contributed by atoms with Crippen LogP contribution in [0.4, 0.5) is 0 Å². The molecule has 0 bridgehead atoms. The van der Waals surface area contributed by atoms with E-state index in [1.54, 1.807) is 0 Å². The molecule has 0 radical (unpaired) electrons. The van der Waals surface area contributed by atoms with Crippen molar-refractivity contribution in [3.63, 3.8) is 0 Å². The zero-order valence-corrected chi connectivity index (χ0v) is 13.4. The van der Waals surface area contributed by atoms with Gasteiger partial charge in [-0.3, -0.25) is 0 Å². The van der Waals surface area contributed by atoms with Crippen LogP contribution in [0.5, 0.6) is 0 Å². The Labute approximate surface area is 119 Å². The minimum absolute atomic E-state index is 0.122. The molecule has 0 amide bonds. The van der Waals surface area contributed by atoms with Crippen LogP contribution >= 0.6 is 0 Å². The third-order valence-electron chi connectivity index (χ3n) is 5.02. The van der Waals surface area contributed by atoms with Crippen molar-refractivity contribution in [1.82, 2.24) is 5.32 Å². The van der Waals surface area contributed by atoms with Crippen molar-refractivity contribution in [2.24, 2.45) is 11.8 Å². The summed E-state index contributed by atoms with van der Waals surface area (Å²) in [4.78, 5) is 0. The molecule has 19 heavy (non-hydrogen) atoms. The molecule has 2 nitrogen and oxygen atoms in total. The molecule has 1 saturated carbocycles. The van der Waals surface area contributed by atoms with Crippen molar-refractivity contribution in [1.29, 1.82) is 0 Å². The fourth-order valence-electron chi connectivity index (χ4n) is 3.94. The molecule has 1 saturated heterocycles. The molecule has 2 aliphatic rings. The number of nitrogens with one attached hydrogen (secondary N) is 1. The zero-order valence-electron chi connectivity index (χ0n) is 13.4. The van der Waals surface area contributed by atoms with E-state index in [1.807, 2.05) is 0 Å². The van der Waals surface area contributed by atoms with Gasteiger partial charge in [0, 0.05) is 6.04 Å². The van der Waals surface area contributed by atoms with Crippen LogP contribution in [0, 0.1) is 11.8 Å². The van der Waals surface area contributed by atoms with Crippen LogP contribution in [0.3, 0.4) is 0 Å². The van der Waals surface area contributed by atoms with E-state index >= 15 is 0 Å². The minimum Gasteiger partial charge on any atom is -0.372 e. The second-order valence-electron chi connectivity index (χ2n) is 7.51. The van der Waals surface area contributed by atoms with Gasteiger partial charge in [0.15, 0.2) is 0 Å². The smallest absolute Gasteiger partial charge is 0.0631 e. The van der Waals surface area contributed by atoms with Gasteiger partial charge in [-0.25, -0.2) is 0 Å². The summed E-state index contributed by atoms with van der Waals surface area (Å²) < 4.78 is 6.21. The molecule has 1 heterocycles. The monoisotopic (exact) mass is 267 g/mol. The van der Waals surface area contributed by atoms with Gasteiger partial charge in [-0.15, -0.1) is 0 Å². The van der Waals surface area contributed by atoms with E-state index in [0.717, 1.165) is 17.9 Å². The van der Waals surface area contributed by atoms with E-state index in [1.165, 1.54) is 51.5 Å². The fourth-order valence-corrected chi connectivity index (χ4v) is 3.94. The summed E-state index contributed by atoms with van der Waals surface area (Å²) >= 11 is 0. The van der Waals surface area contributed by atoms with Crippen LogP contribution in [0.1, 0.15) is 72.6 Å². The van der Waals surface area contributed by atoms with Crippen molar-refractivity contribution in [3.8, 4) is 0 Å². The van der Waals surface area contributed by atoms with E-state index in [2.05, 4.69) is 33.0 Å². The maximum Gasteiger partial charge on any atom is 0.0631 e. The zero-order chi connectivity index (χ0) is 13.9. The van der Waals surface area contributed by atoms with Gasteiger partial charge in [0.2, 0.25) is 0 Å². The predicted octanol–water partition coefficient (Wildman–Crippen LogP) is 4.14. The van der Waals surface area contributed by atoms with Crippen molar-refractivity contribution in [3.05, 3.63) is 0 Å². The number of rotatable bonds is 5. The SMILES string of the molecule is CCCNC1CCC(C)CC1CC1CCC(C)(C)O1. The molecule has 0 aromatic rings. The van der Waals surface area contributed by atoms with Gasteiger partial charge in [-0.05, 0) is 77.2 Å². The van der Waals surface area contributed by atoms with Crippen LogP contribution in [0.2, 0.25) is 0 Å². The molecular weight excluding hydrogens is 234 g/mol. The maximum absolute atomic E-state index is 6.21. The van der Waals surface area contributed by atoms with Gasteiger partial charge in [-0.2, -0.15) is 0 Å². The summed E-state index contributed by atoms with van der Waals surface area (Å²) in [5.41, 5.74) is 0.122. The quantitative estimate of drug-likeness (QED) is 0.808. The Bertz CT molecular complexity index is 274. The van der Waals surface area contributed by atoms with E-state index in [-0.39, 0.29) is 5.60 Å². The van der Waals surface area contributed by atoms with E-state index in [0.29, 0.717) is 6.10 Å². The van der Waals surface area contributed by atoms with Gasteiger partial charge >= 0.3 is 0 Å². The first-order valence-corrected chi connectivity index (χ1v) is 8.41. The van der Waals surface area contributed by atoms with Crippen LogP contribution in [0.15, 0.2) is 0 Å². The van der Waals surface area contributed by atoms with Gasteiger partial charge < -0.3 is 10.1 Å². The molecule has 0 aromatic carbocycles. The summed E-state index contributed by atoms with van der Waals surface area (Å²) in [6.07, 6.45) is 9.67. The Balaban J connectivity index is 1.87. The average Bonchev–Trinajstić information content (AvgIpc) is 2.68. The Morgan fingerprint density at radius 1 is 1.21 bits per heavy atom. The summed E-state index contributed by atoms with van der Waals surface area (Å²) in [7, 11) is 0. The number of ether oxygens (including phenoxy) is 1. The highest BCUT2D eigenvalue weighted by Gasteiger charge is 2.36. The third kappa shape index (κ3) is 4.46. The third-order valence-corrected chi connectivity index (χ3v) is 5.02. The topological polar surface area (TPSA) is 21.3 Å². The van der Waals surface area contributed by atoms with Crippen LogP contribution in [-0.4, -0.2) is 24.3 Å². The Hall–Kier alpha value is -0.0800. The summed E-state index contributed by atoms with van der Waals surface area (Å²) in [5, 5.41) is 3.78. The lowest BCUT2D eigenvalue weighted by molar-refractivity contribution is -0.0301. The lowest BCUT2D eigenvalue weighted by Gasteiger charge is -2.37. The van der Waals surface area contributed by atoms with Crippen LogP contribution in [0.25, 0.3) is 0 Å². The molecule has 4 atom stereocenters. The molecule has 1 N–H and O–H groups in total. The lowest BCUT2D eigenvalue weighted by Crippen LogP contribution is -2.42. The highest BCUT2D eigenvalue weighted by atomic mass is 16.5. The second kappa shape index (κ2) is 6.58. The molecule has 1 aliphatic carbocycles. The van der Waals surface area contributed by atoms with Crippen molar-refractivity contribution in [2.45, 2.75) is 90.4 Å². The Morgan fingerprint density at radius 2 is 2.00 bits per heavy atom. The fraction of sp³-hybridized carbons (Fsp3) is 1.00. The first-order chi connectivity index (χ1) is 9.00. The van der Waals surface area contributed by atoms with Gasteiger partial charge in [0.05, 0.1) is 11.7 Å². The molecule has 2 fully saturated rings. The average molecular weight is 267 g/mol. The first kappa shape index (κ1) is 15.3. The molecule has 0 spiro atoms. The molecule has 112 valence electrons. The summed E-state index contributed by atoms with van der Waals surface area (Å²) in [6, 6.07) is 0.739. The number of hydrogen-bond acceptors (Lipinski definition) is 2. The van der Waals surface area contributed by atoms with Crippen molar-refractivity contribution in [2.75, 3.05) is 6.54 Å². The molecule has 1 aliphatic heterocycles. The van der Waals surface area contributed by atoms with Gasteiger partial charge in [0.25, 0.3) is 0 Å². The summed E-state index contributed by atoms with van der Waals surface area (Å²) in [5.74, 6) is 1.73. The lowest BCUT2D eigenvalue weighted by atomic mass is 9.76. The molecule has 2 heteroatoms. The van der Waals surface area contributed by atoms with E-state index < -0.39 is 0 Å². The van der Waals surface area contributed by atoms with Crippen LogP contribution in [-0.2, 0) is 4.74 Å². The predicted molar refractivity (Wildman–Crippen MR) is 81.4 cm³/mol. The highest BCUT2D eigenvalue weighted by molar-refractivity contribution is 4.88. The van der Waals surface area contributed by atoms with Crippen molar-refractivity contribution >= 4 is 0 Å². The Kier molecular flexibility index (Phi) is 5.30. The van der Waals surface area contributed by atoms with Gasteiger partial charge in [-0.1, -0.05) is 13.8 Å². The minimum atomic E-state index is 0.122. The Morgan fingerprint density at radius 3 is 2.63 bits per heavy atom. The summed E-state index contributed by atoms with van der Waals surface area (Å²) in [6.45, 7) is 10.3. The van der Waals surface area contributed by atoms with E-state index in [4.69, 9.17) is 4.74 Å². The molecular formula is C17H33NO. The second-order valence-corrected chi connectivity index (χ2v) is 7.51. The van der Waals surface area contributed by atoms with E-state index in [9.17, 15) is 0 Å². The first-order valence-electron chi connectivity index (χ1n) is 8.41. The number of hydrogen-bond donors (Lipinski definition) is 1.